The topological polar surface area (TPSA) is 17.1 Å². The third-order valence-corrected chi connectivity index (χ3v) is 2.68. The van der Waals surface area contributed by atoms with E-state index in [1.54, 1.807) is 12.1 Å². The van der Waals surface area contributed by atoms with Gasteiger partial charge in [0.05, 0.1) is 0 Å². The zero-order valence-electron chi connectivity index (χ0n) is 9.61. The standard InChI is InChI=1S/C15H13FO/c1-2-15(17)14-9-4-3-8-13(14)11-6-5-7-12(16)10-11/h3-10H,2H2,1H3. The van der Waals surface area contributed by atoms with Crippen LogP contribution in [0.4, 0.5) is 4.39 Å². The van der Waals surface area contributed by atoms with Crippen LogP contribution in [-0.4, -0.2) is 5.78 Å². The van der Waals surface area contributed by atoms with Crippen LogP contribution in [0.15, 0.2) is 48.5 Å². The van der Waals surface area contributed by atoms with Gasteiger partial charge in [-0.2, -0.15) is 0 Å². The van der Waals surface area contributed by atoms with E-state index in [0.29, 0.717) is 12.0 Å². The molecule has 2 heteroatoms. The Labute approximate surface area is 99.9 Å². The van der Waals surface area contributed by atoms with Crippen LogP contribution in [0.2, 0.25) is 0 Å². The third-order valence-electron chi connectivity index (χ3n) is 2.68. The van der Waals surface area contributed by atoms with Gasteiger partial charge < -0.3 is 0 Å². The van der Waals surface area contributed by atoms with Crippen molar-refractivity contribution in [3.8, 4) is 11.1 Å². The summed E-state index contributed by atoms with van der Waals surface area (Å²) < 4.78 is 13.2. The van der Waals surface area contributed by atoms with Crippen LogP contribution in [0.25, 0.3) is 11.1 Å². The first kappa shape index (κ1) is 11.5. The van der Waals surface area contributed by atoms with Crippen molar-refractivity contribution in [2.45, 2.75) is 13.3 Å². The van der Waals surface area contributed by atoms with Gasteiger partial charge in [0.25, 0.3) is 0 Å². The molecule has 0 aromatic heterocycles. The number of hydrogen-bond acceptors (Lipinski definition) is 1. The lowest BCUT2D eigenvalue weighted by molar-refractivity contribution is 0.0989. The molecule has 0 unspecified atom stereocenters. The fourth-order valence-electron chi connectivity index (χ4n) is 1.82. The minimum atomic E-state index is -0.291. The Morgan fingerprint density at radius 2 is 1.88 bits per heavy atom. The fraction of sp³-hybridized carbons (Fsp3) is 0.133. The number of halogens is 1. The number of Topliss-reactive ketones (excluding diaryl/α,β-unsaturated/α-hetero) is 1. The quantitative estimate of drug-likeness (QED) is 0.723. The first-order valence-electron chi connectivity index (χ1n) is 5.60. The largest absolute Gasteiger partial charge is 0.294 e. The fourth-order valence-corrected chi connectivity index (χ4v) is 1.82. The monoisotopic (exact) mass is 228 g/mol. The molecule has 0 aliphatic heterocycles. The number of ketones is 1. The molecule has 86 valence electrons. The molecule has 0 amide bonds. The van der Waals surface area contributed by atoms with Crippen LogP contribution in [0, 0.1) is 5.82 Å². The van der Waals surface area contributed by atoms with E-state index in [1.165, 1.54) is 12.1 Å². The number of hydrogen-bond donors (Lipinski definition) is 0. The number of rotatable bonds is 3. The van der Waals surface area contributed by atoms with Crippen molar-refractivity contribution in [3.05, 3.63) is 59.9 Å². The van der Waals surface area contributed by atoms with E-state index in [4.69, 9.17) is 0 Å². The summed E-state index contributed by atoms with van der Waals surface area (Å²) in [4.78, 5) is 11.8. The summed E-state index contributed by atoms with van der Waals surface area (Å²) in [5.74, 6) is -0.217. The number of carbonyl (C=O) groups is 1. The maximum Gasteiger partial charge on any atom is 0.163 e. The first-order valence-corrected chi connectivity index (χ1v) is 5.60. The summed E-state index contributed by atoms with van der Waals surface area (Å²) in [5.41, 5.74) is 2.18. The van der Waals surface area contributed by atoms with Crippen LogP contribution < -0.4 is 0 Å². The molecular formula is C15H13FO. The van der Waals surface area contributed by atoms with Crippen molar-refractivity contribution in [2.24, 2.45) is 0 Å². The van der Waals surface area contributed by atoms with Gasteiger partial charge in [0.15, 0.2) is 5.78 Å². The number of benzene rings is 2. The van der Waals surface area contributed by atoms with E-state index in [9.17, 15) is 9.18 Å². The molecule has 0 radical (unpaired) electrons. The predicted molar refractivity (Wildman–Crippen MR) is 66.5 cm³/mol. The average molecular weight is 228 g/mol. The molecule has 2 aromatic rings. The Morgan fingerprint density at radius 3 is 2.59 bits per heavy atom. The van der Waals surface area contributed by atoms with Crippen LogP contribution in [0.5, 0.6) is 0 Å². The molecule has 0 N–H and O–H groups in total. The molecule has 0 bridgehead atoms. The SMILES string of the molecule is CCC(=O)c1ccccc1-c1cccc(F)c1. The van der Waals surface area contributed by atoms with E-state index < -0.39 is 0 Å². The summed E-state index contributed by atoms with van der Waals surface area (Å²) in [6, 6.07) is 13.6. The smallest absolute Gasteiger partial charge is 0.163 e. The summed E-state index contributed by atoms with van der Waals surface area (Å²) in [6.07, 6.45) is 0.451. The highest BCUT2D eigenvalue weighted by molar-refractivity contribution is 6.02. The molecule has 2 aromatic carbocycles. The molecule has 17 heavy (non-hydrogen) atoms. The zero-order valence-corrected chi connectivity index (χ0v) is 9.61. The lowest BCUT2D eigenvalue weighted by Crippen LogP contribution is -1.99. The molecule has 0 spiro atoms. The van der Waals surface area contributed by atoms with Crippen LogP contribution in [0.3, 0.4) is 0 Å². The molecule has 0 heterocycles. The van der Waals surface area contributed by atoms with Gasteiger partial charge >= 0.3 is 0 Å². The Bertz CT molecular complexity index is 546. The highest BCUT2D eigenvalue weighted by atomic mass is 19.1. The van der Waals surface area contributed by atoms with E-state index in [-0.39, 0.29) is 11.6 Å². The van der Waals surface area contributed by atoms with Gasteiger partial charge in [0, 0.05) is 12.0 Å². The second-order valence-electron chi connectivity index (χ2n) is 3.83. The highest BCUT2D eigenvalue weighted by Crippen LogP contribution is 2.25. The van der Waals surface area contributed by atoms with Gasteiger partial charge in [-0.15, -0.1) is 0 Å². The van der Waals surface area contributed by atoms with Crippen LogP contribution in [0.1, 0.15) is 23.7 Å². The van der Waals surface area contributed by atoms with E-state index >= 15 is 0 Å². The zero-order chi connectivity index (χ0) is 12.3. The summed E-state index contributed by atoms with van der Waals surface area (Å²) in [5, 5.41) is 0. The van der Waals surface area contributed by atoms with Crippen molar-refractivity contribution < 1.29 is 9.18 Å². The van der Waals surface area contributed by atoms with Gasteiger partial charge in [0.2, 0.25) is 0 Å². The van der Waals surface area contributed by atoms with Crippen molar-refractivity contribution in [3.63, 3.8) is 0 Å². The molecule has 0 saturated heterocycles. The number of carbonyl (C=O) groups excluding carboxylic acids is 1. The molecule has 0 saturated carbocycles. The summed E-state index contributed by atoms with van der Waals surface area (Å²) >= 11 is 0. The Morgan fingerprint density at radius 1 is 1.12 bits per heavy atom. The van der Waals surface area contributed by atoms with E-state index in [2.05, 4.69) is 0 Å². The van der Waals surface area contributed by atoms with Gasteiger partial charge in [-0.3, -0.25) is 4.79 Å². The molecule has 0 aliphatic carbocycles. The van der Waals surface area contributed by atoms with Gasteiger partial charge in [-0.05, 0) is 23.3 Å². The minimum Gasteiger partial charge on any atom is -0.294 e. The van der Waals surface area contributed by atoms with E-state index in [1.807, 2.05) is 31.2 Å². The van der Waals surface area contributed by atoms with Crippen LogP contribution >= 0.6 is 0 Å². The second-order valence-corrected chi connectivity index (χ2v) is 3.83. The Hall–Kier alpha value is -1.96. The highest BCUT2D eigenvalue weighted by Gasteiger charge is 2.10. The second kappa shape index (κ2) is 4.91. The normalized spacial score (nSPS) is 10.2. The third kappa shape index (κ3) is 2.41. The molecule has 0 atom stereocenters. The predicted octanol–water partition coefficient (Wildman–Crippen LogP) is 4.09. The van der Waals surface area contributed by atoms with Crippen molar-refractivity contribution in [2.75, 3.05) is 0 Å². The van der Waals surface area contributed by atoms with E-state index in [0.717, 1.165) is 11.1 Å². The molecule has 2 rings (SSSR count). The van der Waals surface area contributed by atoms with Crippen molar-refractivity contribution in [1.82, 2.24) is 0 Å². The summed E-state index contributed by atoms with van der Waals surface area (Å²) in [7, 11) is 0. The maximum atomic E-state index is 13.2. The maximum absolute atomic E-state index is 13.2. The van der Waals surface area contributed by atoms with Gasteiger partial charge in [0.1, 0.15) is 5.82 Å². The lowest BCUT2D eigenvalue weighted by atomic mass is 9.96. The van der Waals surface area contributed by atoms with Crippen LogP contribution in [-0.2, 0) is 0 Å². The van der Waals surface area contributed by atoms with Gasteiger partial charge in [-0.25, -0.2) is 4.39 Å². The molecule has 0 aliphatic rings. The summed E-state index contributed by atoms with van der Waals surface area (Å²) in [6.45, 7) is 1.82. The minimum absolute atomic E-state index is 0.0739. The van der Waals surface area contributed by atoms with Crippen molar-refractivity contribution in [1.29, 1.82) is 0 Å². The Kier molecular flexibility index (Phi) is 3.33. The average Bonchev–Trinajstić information content (AvgIpc) is 2.38. The van der Waals surface area contributed by atoms with Gasteiger partial charge in [-0.1, -0.05) is 43.3 Å². The Balaban J connectivity index is 2.55. The molecule has 1 nitrogen and oxygen atoms in total. The first-order chi connectivity index (χ1) is 8.22. The molecular weight excluding hydrogens is 215 g/mol. The van der Waals surface area contributed by atoms with Crippen molar-refractivity contribution >= 4 is 5.78 Å². The molecule has 0 fully saturated rings. The lowest BCUT2D eigenvalue weighted by Gasteiger charge is -2.07.